The van der Waals surface area contributed by atoms with E-state index in [1.54, 1.807) is 0 Å². The molecule has 0 saturated heterocycles. The van der Waals surface area contributed by atoms with Crippen LogP contribution < -0.4 is 5.32 Å². The van der Waals surface area contributed by atoms with Crippen molar-refractivity contribution in [1.82, 2.24) is 15.1 Å². The molecule has 0 saturated carbocycles. The molecule has 1 heterocycles. The van der Waals surface area contributed by atoms with E-state index < -0.39 is 0 Å². The molecule has 3 nitrogen and oxygen atoms in total. The van der Waals surface area contributed by atoms with Crippen LogP contribution in [0, 0.1) is 5.92 Å². The highest BCUT2D eigenvalue weighted by Crippen LogP contribution is 2.06. The summed E-state index contributed by atoms with van der Waals surface area (Å²) in [4.78, 5) is 0. The molecule has 0 fully saturated rings. The zero-order valence-electron chi connectivity index (χ0n) is 10.3. The van der Waals surface area contributed by atoms with Crippen molar-refractivity contribution >= 4 is 0 Å². The molecule has 1 rings (SSSR count). The average Bonchev–Trinajstić information content (AvgIpc) is 2.50. The molecule has 0 unspecified atom stereocenters. The number of nitrogens with zero attached hydrogens (tertiary/aromatic N) is 2. The summed E-state index contributed by atoms with van der Waals surface area (Å²) in [6.07, 6.45) is 5.26. The van der Waals surface area contributed by atoms with Crippen LogP contribution in [0.2, 0.25) is 0 Å². The molecule has 0 radical (unpaired) electrons. The van der Waals surface area contributed by atoms with E-state index in [1.807, 2.05) is 10.9 Å². The lowest BCUT2D eigenvalue weighted by Gasteiger charge is -2.07. The molecule has 0 atom stereocenters. The van der Waals surface area contributed by atoms with E-state index in [0.29, 0.717) is 12.0 Å². The van der Waals surface area contributed by atoms with E-state index in [4.69, 9.17) is 0 Å². The van der Waals surface area contributed by atoms with Gasteiger partial charge in [-0.15, -0.1) is 0 Å². The first-order valence-electron chi connectivity index (χ1n) is 5.82. The van der Waals surface area contributed by atoms with Gasteiger partial charge in [-0.25, -0.2) is 0 Å². The molecule has 1 aromatic rings. The Morgan fingerprint density at radius 1 is 1.40 bits per heavy atom. The molecule has 0 amide bonds. The van der Waals surface area contributed by atoms with Gasteiger partial charge in [0, 0.05) is 20.2 Å². The normalized spacial score (nSPS) is 11.6. The zero-order chi connectivity index (χ0) is 11.3. The van der Waals surface area contributed by atoms with Crippen molar-refractivity contribution in [1.29, 1.82) is 0 Å². The van der Waals surface area contributed by atoms with E-state index in [-0.39, 0.29) is 1.43 Å². The van der Waals surface area contributed by atoms with E-state index in [2.05, 4.69) is 44.3 Å². The maximum atomic E-state index is 4.34. The molecule has 3 heteroatoms. The fraction of sp³-hybridized carbons (Fsp3) is 0.750. The zero-order valence-corrected chi connectivity index (χ0v) is 10.3. The fourth-order valence-corrected chi connectivity index (χ4v) is 1.57. The van der Waals surface area contributed by atoms with Gasteiger partial charge in [-0.3, -0.25) is 4.68 Å². The van der Waals surface area contributed by atoms with E-state index in [1.165, 1.54) is 5.56 Å². The summed E-state index contributed by atoms with van der Waals surface area (Å²) in [7, 11) is 0. The SMILES string of the molecule is CC(C)Cc1cnn(CCNC(C)C)c1.[HH]. The van der Waals surface area contributed by atoms with Crippen LogP contribution in [-0.2, 0) is 13.0 Å². The van der Waals surface area contributed by atoms with Crippen LogP contribution in [0.25, 0.3) is 0 Å². The molecule has 0 spiro atoms. The Morgan fingerprint density at radius 2 is 2.13 bits per heavy atom. The first-order chi connectivity index (χ1) is 7.08. The maximum Gasteiger partial charge on any atom is 0.0534 e. The van der Waals surface area contributed by atoms with E-state index >= 15 is 0 Å². The van der Waals surface area contributed by atoms with E-state index in [9.17, 15) is 0 Å². The molecule has 1 aromatic heterocycles. The van der Waals surface area contributed by atoms with Gasteiger partial charge in [0.15, 0.2) is 0 Å². The molecule has 0 aromatic carbocycles. The van der Waals surface area contributed by atoms with Gasteiger partial charge in [0.25, 0.3) is 0 Å². The predicted molar refractivity (Wildman–Crippen MR) is 66.0 cm³/mol. The van der Waals surface area contributed by atoms with Crippen LogP contribution in [0.4, 0.5) is 0 Å². The first-order valence-corrected chi connectivity index (χ1v) is 5.82. The Labute approximate surface area is 94.4 Å². The van der Waals surface area contributed by atoms with Gasteiger partial charge in [-0.1, -0.05) is 27.7 Å². The molecular weight excluding hydrogens is 186 g/mol. The van der Waals surface area contributed by atoms with Crippen molar-refractivity contribution in [3.05, 3.63) is 18.0 Å². The molecule has 0 aliphatic heterocycles. The Morgan fingerprint density at radius 3 is 2.73 bits per heavy atom. The Balaban J connectivity index is 0.00000225. The highest BCUT2D eigenvalue weighted by atomic mass is 15.3. The fourth-order valence-electron chi connectivity index (χ4n) is 1.57. The molecule has 15 heavy (non-hydrogen) atoms. The summed E-state index contributed by atoms with van der Waals surface area (Å²) < 4.78 is 2.02. The van der Waals surface area contributed by atoms with Crippen molar-refractivity contribution < 1.29 is 1.43 Å². The lowest BCUT2D eigenvalue weighted by molar-refractivity contribution is 0.515. The summed E-state index contributed by atoms with van der Waals surface area (Å²) >= 11 is 0. The summed E-state index contributed by atoms with van der Waals surface area (Å²) in [6.45, 7) is 10.7. The largest absolute Gasteiger partial charge is 0.313 e. The molecule has 1 N–H and O–H groups in total. The lowest BCUT2D eigenvalue weighted by Crippen LogP contribution is -2.26. The Kier molecular flexibility index (Phi) is 4.82. The number of aromatic nitrogens is 2. The van der Waals surface area contributed by atoms with Crippen molar-refractivity contribution in [3.8, 4) is 0 Å². The minimum Gasteiger partial charge on any atom is -0.313 e. The second-order valence-electron chi connectivity index (χ2n) is 4.82. The van der Waals surface area contributed by atoms with Crippen LogP contribution in [0.5, 0.6) is 0 Å². The molecule has 0 aliphatic carbocycles. The molecular formula is C12H25N3. The predicted octanol–water partition coefficient (Wildman–Crippen LogP) is 2.33. The van der Waals surface area contributed by atoms with Gasteiger partial charge in [0.05, 0.1) is 12.7 Å². The molecule has 88 valence electrons. The number of hydrogen-bond donors (Lipinski definition) is 1. The summed E-state index contributed by atoms with van der Waals surface area (Å²) in [5.41, 5.74) is 1.34. The average molecular weight is 211 g/mol. The van der Waals surface area contributed by atoms with Crippen molar-refractivity contribution in [2.45, 2.75) is 46.7 Å². The van der Waals surface area contributed by atoms with Gasteiger partial charge in [0.2, 0.25) is 0 Å². The van der Waals surface area contributed by atoms with Gasteiger partial charge in [-0.2, -0.15) is 5.10 Å². The second-order valence-corrected chi connectivity index (χ2v) is 4.82. The van der Waals surface area contributed by atoms with Crippen LogP contribution in [0.3, 0.4) is 0 Å². The number of hydrogen-bond acceptors (Lipinski definition) is 2. The van der Waals surface area contributed by atoms with Crippen molar-refractivity contribution in [3.63, 3.8) is 0 Å². The third-order valence-corrected chi connectivity index (χ3v) is 2.22. The molecule has 0 bridgehead atoms. The molecule has 0 aliphatic rings. The van der Waals surface area contributed by atoms with Gasteiger partial charge >= 0.3 is 0 Å². The van der Waals surface area contributed by atoms with Crippen LogP contribution in [-0.4, -0.2) is 22.4 Å². The van der Waals surface area contributed by atoms with E-state index in [0.717, 1.165) is 19.5 Å². The second kappa shape index (κ2) is 5.91. The van der Waals surface area contributed by atoms with Gasteiger partial charge in [-0.05, 0) is 17.9 Å². The minimum atomic E-state index is 0. The maximum absolute atomic E-state index is 4.34. The van der Waals surface area contributed by atoms with Crippen LogP contribution in [0.15, 0.2) is 12.4 Å². The number of nitrogens with one attached hydrogen (secondary N) is 1. The Bertz CT molecular complexity index is 282. The monoisotopic (exact) mass is 211 g/mol. The standard InChI is InChI=1S/C12H23N3.H2/c1-10(2)7-12-8-14-15(9-12)6-5-13-11(3)4;/h8-11,13H,5-7H2,1-4H3;1H. The first kappa shape index (κ1) is 12.2. The van der Waals surface area contributed by atoms with Gasteiger partial charge < -0.3 is 5.32 Å². The van der Waals surface area contributed by atoms with Crippen LogP contribution in [0.1, 0.15) is 34.7 Å². The third kappa shape index (κ3) is 4.98. The van der Waals surface area contributed by atoms with Crippen molar-refractivity contribution in [2.75, 3.05) is 6.54 Å². The quantitative estimate of drug-likeness (QED) is 0.782. The third-order valence-electron chi connectivity index (χ3n) is 2.22. The Hall–Kier alpha value is -0.830. The highest BCUT2D eigenvalue weighted by Gasteiger charge is 2.01. The minimum absolute atomic E-state index is 0. The van der Waals surface area contributed by atoms with Crippen molar-refractivity contribution in [2.24, 2.45) is 5.92 Å². The smallest absolute Gasteiger partial charge is 0.0534 e. The summed E-state index contributed by atoms with van der Waals surface area (Å²) in [6, 6.07) is 0.552. The lowest BCUT2D eigenvalue weighted by atomic mass is 10.1. The summed E-state index contributed by atoms with van der Waals surface area (Å²) in [5, 5.41) is 7.73. The van der Waals surface area contributed by atoms with Gasteiger partial charge in [0.1, 0.15) is 0 Å². The topological polar surface area (TPSA) is 29.9 Å². The summed E-state index contributed by atoms with van der Waals surface area (Å²) in [5.74, 6) is 0.705. The highest BCUT2D eigenvalue weighted by molar-refractivity contribution is 5.04. The number of rotatable bonds is 6. The van der Waals surface area contributed by atoms with Crippen LogP contribution >= 0.6 is 0 Å².